The SMILES string of the molecule is CN1CC[C@@H]2CN(c3nc4nnc(-c5ccc(-c6cn[nH]c6)cc5O)cc4s3)[C@@H]2C1.CN1CC[C@H]2CN(c3nc4nnc(-c5ccc(-c6cn[nH]c6)cc5O)cc4s3)[C@H]2C1.Oc1cc(-c2cn[nH]c2)ccc1-c1cc2sc(N3C[C@@H]4CCNC[C@@H]43)nc2nn1. The van der Waals surface area contributed by atoms with Gasteiger partial charge in [0.25, 0.3) is 0 Å². The fourth-order valence-corrected chi connectivity index (χ4v) is 16.3. The number of phenolic OH excluding ortho intramolecular Hbond substituents is 3. The minimum Gasteiger partial charge on any atom is -0.507 e. The average molecular weight is 1240 g/mol. The molecule has 9 aromatic heterocycles. The van der Waals surface area contributed by atoms with Crippen molar-refractivity contribution < 1.29 is 15.3 Å². The minimum absolute atomic E-state index is 0.168. The molecule has 6 saturated heterocycles. The van der Waals surface area contributed by atoms with Crippen LogP contribution in [-0.4, -0.2) is 192 Å². The van der Waals surface area contributed by atoms with Gasteiger partial charge < -0.3 is 45.1 Å². The predicted octanol–water partition coefficient (Wildman–Crippen LogP) is 8.63. The molecule has 0 radical (unpaired) electrons. The van der Waals surface area contributed by atoms with Gasteiger partial charge in [-0.1, -0.05) is 52.2 Å². The lowest BCUT2D eigenvalue weighted by molar-refractivity contribution is 0.135. The third kappa shape index (κ3) is 10.5. The van der Waals surface area contributed by atoms with Crippen molar-refractivity contribution in [3.8, 4) is 84.4 Å². The van der Waals surface area contributed by atoms with E-state index in [4.69, 9.17) is 15.0 Å². The van der Waals surface area contributed by atoms with Crippen LogP contribution < -0.4 is 20.0 Å². The summed E-state index contributed by atoms with van der Waals surface area (Å²) in [7, 11) is 4.38. The molecule has 3 aromatic carbocycles. The van der Waals surface area contributed by atoms with Crippen LogP contribution in [0, 0.1) is 17.8 Å². The maximum atomic E-state index is 10.6. The second-order valence-electron chi connectivity index (χ2n) is 23.9. The number of benzene rings is 3. The molecule has 6 aliphatic rings. The average Bonchev–Trinajstić information content (AvgIpc) is 2.28. The van der Waals surface area contributed by atoms with Gasteiger partial charge in [-0.3, -0.25) is 15.3 Å². The van der Waals surface area contributed by atoms with Crippen LogP contribution in [-0.2, 0) is 0 Å². The summed E-state index contributed by atoms with van der Waals surface area (Å²) in [6.45, 7) is 9.93. The summed E-state index contributed by atoms with van der Waals surface area (Å²) in [4.78, 5) is 26.2. The first-order valence-corrected chi connectivity index (χ1v) is 32.3. The van der Waals surface area contributed by atoms with Crippen molar-refractivity contribution in [3.63, 3.8) is 0 Å². The number of hydrogen-bond acceptors (Lipinski definition) is 24. The van der Waals surface area contributed by atoms with E-state index in [1.807, 2.05) is 54.6 Å². The molecule has 0 amide bonds. The number of nitrogens with one attached hydrogen (secondary N) is 4. The second-order valence-corrected chi connectivity index (χ2v) is 27.0. The summed E-state index contributed by atoms with van der Waals surface area (Å²) in [5.41, 5.74) is 11.3. The van der Waals surface area contributed by atoms with E-state index in [2.05, 4.69) is 105 Å². The number of fused-ring (bicyclic) bond motifs is 6. The van der Waals surface area contributed by atoms with Gasteiger partial charge in [-0.05, 0) is 142 Å². The van der Waals surface area contributed by atoms with Gasteiger partial charge >= 0.3 is 0 Å². The molecule has 0 aliphatic carbocycles. The van der Waals surface area contributed by atoms with E-state index >= 15 is 0 Å². The van der Waals surface area contributed by atoms with E-state index in [0.717, 1.165) is 126 Å². The lowest BCUT2D eigenvalue weighted by atomic mass is 9.83. The van der Waals surface area contributed by atoms with Crippen LogP contribution in [0.5, 0.6) is 17.2 Å². The molecule has 450 valence electrons. The van der Waals surface area contributed by atoms with Crippen LogP contribution in [0.4, 0.5) is 15.4 Å². The molecular formula is C62H61N21O3S3. The third-order valence-corrected chi connectivity index (χ3v) is 21.5. The summed E-state index contributed by atoms with van der Waals surface area (Å²) in [5, 5.41) is 84.5. The predicted molar refractivity (Wildman–Crippen MR) is 345 cm³/mol. The van der Waals surface area contributed by atoms with Crippen molar-refractivity contribution in [3.05, 3.63) is 110 Å². The Labute approximate surface area is 521 Å². The van der Waals surface area contributed by atoms with Crippen LogP contribution in [0.1, 0.15) is 19.3 Å². The number of nitrogens with zero attached hydrogens (tertiary/aromatic N) is 17. The van der Waals surface area contributed by atoms with Crippen molar-refractivity contribution in [1.82, 2.24) is 91.3 Å². The standard InChI is InChI=1S/2C21H21N7OS.C20H19N7OS/c2*1-27-5-4-13-10-28(17(13)11-27)21-24-20-19(30-21)7-16(25-26-20)15-3-2-12(6-18(15)29)14-8-22-23-9-14;28-17-5-11(13-7-22-23-8-13)1-2-14(17)15-6-18-19(26-25-15)24-20(29-18)27-10-12-3-4-21-9-16(12)27/h2*2-3,6-9,13,17,29H,4-5,10-11H2,1H3,(H,22,23);1-2,5-8,12,16,21,28H,3-4,9-10H2,(H,22,23)/t2*13-,17-;12-,16-/m100/s1. The van der Waals surface area contributed by atoms with E-state index in [-0.39, 0.29) is 17.2 Å². The number of likely N-dealkylation sites (tertiary alicyclic amines) is 2. The van der Waals surface area contributed by atoms with Gasteiger partial charge in [0.2, 0.25) is 0 Å². The summed E-state index contributed by atoms with van der Waals surface area (Å²) < 4.78 is 2.96. The molecule has 0 saturated carbocycles. The molecule has 89 heavy (non-hydrogen) atoms. The van der Waals surface area contributed by atoms with Gasteiger partial charge in [0.1, 0.15) is 17.2 Å². The van der Waals surface area contributed by atoms with E-state index in [0.29, 0.717) is 68.8 Å². The summed E-state index contributed by atoms with van der Waals surface area (Å²) in [5.74, 6) is 2.84. The van der Waals surface area contributed by atoms with Crippen molar-refractivity contribution in [1.29, 1.82) is 0 Å². The first-order valence-electron chi connectivity index (χ1n) is 29.9. The zero-order chi connectivity index (χ0) is 59.9. The second kappa shape index (κ2) is 22.8. The molecular weight excluding hydrogens is 1180 g/mol. The Morgan fingerprint density at radius 2 is 0.798 bits per heavy atom. The number of H-pyrrole nitrogens is 3. The van der Waals surface area contributed by atoms with Crippen LogP contribution in [0.15, 0.2) is 110 Å². The molecule has 6 aliphatic heterocycles. The molecule has 24 nitrogen and oxygen atoms in total. The fourth-order valence-electron chi connectivity index (χ4n) is 13.3. The summed E-state index contributed by atoms with van der Waals surface area (Å²) in [6.07, 6.45) is 14.3. The maximum absolute atomic E-state index is 10.6. The van der Waals surface area contributed by atoms with E-state index in [1.54, 1.807) is 89.4 Å². The Bertz CT molecular complexity index is 4350. The lowest BCUT2D eigenvalue weighted by Crippen LogP contribution is -2.63. The van der Waals surface area contributed by atoms with Crippen molar-refractivity contribution in [2.45, 2.75) is 37.4 Å². The monoisotopic (exact) mass is 1240 g/mol. The van der Waals surface area contributed by atoms with E-state index < -0.39 is 0 Å². The lowest BCUT2D eigenvalue weighted by Gasteiger charge is -2.52. The molecule has 18 rings (SSSR count). The number of likely N-dealkylation sites (N-methyl/N-ethyl adjacent to an activating group) is 2. The number of aromatic hydroxyl groups is 3. The van der Waals surface area contributed by atoms with Gasteiger partial charge in [-0.25, -0.2) is 0 Å². The van der Waals surface area contributed by atoms with Gasteiger partial charge in [0.15, 0.2) is 32.3 Å². The Morgan fingerprint density at radius 3 is 1.15 bits per heavy atom. The van der Waals surface area contributed by atoms with Crippen LogP contribution >= 0.6 is 34.0 Å². The van der Waals surface area contributed by atoms with Crippen LogP contribution in [0.25, 0.3) is 98.2 Å². The highest BCUT2D eigenvalue weighted by Gasteiger charge is 2.45. The molecule has 7 N–H and O–H groups in total. The Kier molecular flexibility index (Phi) is 14.1. The number of hydrogen-bond donors (Lipinski definition) is 7. The number of aromatic nitrogens is 15. The highest BCUT2D eigenvalue weighted by Crippen LogP contribution is 2.44. The number of piperidine rings is 3. The van der Waals surface area contributed by atoms with Gasteiger partial charge in [0, 0.05) is 109 Å². The molecule has 0 spiro atoms. The molecule has 15 heterocycles. The number of rotatable bonds is 9. The summed E-state index contributed by atoms with van der Waals surface area (Å²) >= 11 is 4.95. The van der Waals surface area contributed by atoms with Crippen LogP contribution in [0.2, 0.25) is 0 Å². The molecule has 12 aromatic rings. The van der Waals surface area contributed by atoms with Gasteiger partial charge in [-0.15, -0.1) is 30.6 Å². The molecule has 0 bridgehead atoms. The Balaban J connectivity index is 0.000000107. The van der Waals surface area contributed by atoms with Crippen molar-refractivity contribution >= 4 is 80.4 Å². The third-order valence-electron chi connectivity index (χ3n) is 18.4. The molecule has 6 fully saturated rings. The van der Waals surface area contributed by atoms with Gasteiger partial charge in [0.05, 0.1) is 49.8 Å². The number of thiazole rings is 3. The molecule has 6 atom stereocenters. The van der Waals surface area contributed by atoms with Crippen molar-refractivity contribution in [2.24, 2.45) is 17.8 Å². The normalized spacial score (nSPS) is 21.4. The smallest absolute Gasteiger partial charge is 0.194 e. The van der Waals surface area contributed by atoms with Crippen molar-refractivity contribution in [2.75, 3.05) is 87.7 Å². The highest BCUT2D eigenvalue weighted by atomic mass is 32.1. The minimum atomic E-state index is 0.168. The number of anilines is 3. The molecule has 0 unspecified atom stereocenters. The van der Waals surface area contributed by atoms with Gasteiger partial charge in [-0.2, -0.15) is 30.2 Å². The number of aromatic amines is 3. The fraction of sp³-hybridized carbons (Fsp3) is 0.323. The molecule has 27 heteroatoms. The Hall–Kier alpha value is -9.12. The zero-order valence-electron chi connectivity index (χ0n) is 48.5. The Morgan fingerprint density at radius 1 is 0.427 bits per heavy atom. The zero-order valence-corrected chi connectivity index (χ0v) is 51.0. The first kappa shape index (κ1) is 55.2. The van der Waals surface area contributed by atoms with E-state index in [1.165, 1.54) is 32.4 Å². The quantitative estimate of drug-likeness (QED) is 0.0711. The van der Waals surface area contributed by atoms with E-state index in [9.17, 15) is 15.3 Å². The largest absolute Gasteiger partial charge is 0.507 e. The first-order chi connectivity index (χ1) is 43.6. The summed E-state index contributed by atoms with van der Waals surface area (Å²) in [6, 6.07) is 24.2. The topological polar surface area (TPSA) is 291 Å². The van der Waals surface area contributed by atoms with Crippen LogP contribution in [0.3, 0.4) is 0 Å². The highest BCUT2D eigenvalue weighted by molar-refractivity contribution is 7.23. The number of phenols is 3. The maximum Gasteiger partial charge on any atom is 0.194 e.